The number of hydrogen-bond acceptors (Lipinski definition) is 3. The van der Waals surface area contributed by atoms with Gasteiger partial charge in [-0.05, 0) is 43.5 Å². The van der Waals surface area contributed by atoms with E-state index in [0.29, 0.717) is 13.0 Å². The van der Waals surface area contributed by atoms with Crippen LogP contribution in [0.4, 0.5) is 5.69 Å². The first-order valence-corrected chi connectivity index (χ1v) is 5.93. The van der Waals surface area contributed by atoms with E-state index >= 15 is 0 Å². The SMILES string of the molecule is Cc1cc(CCCNCCC(N)=O)ccc1N. The molecule has 1 rings (SSSR count). The molecule has 0 aliphatic heterocycles. The Morgan fingerprint density at radius 2 is 2.12 bits per heavy atom. The molecule has 0 heterocycles. The molecule has 94 valence electrons. The maximum absolute atomic E-state index is 10.5. The maximum atomic E-state index is 10.5. The van der Waals surface area contributed by atoms with Crippen LogP contribution in [0, 0.1) is 6.92 Å². The number of primary amides is 1. The van der Waals surface area contributed by atoms with Crippen molar-refractivity contribution in [2.24, 2.45) is 5.73 Å². The van der Waals surface area contributed by atoms with Crippen molar-refractivity contribution in [3.8, 4) is 0 Å². The van der Waals surface area contributed by atoms with E-state index in [9.17, 15) is 4.79 Å². The average Bonchev–Trinajstić information content (AvgIpc) is 2.27. The van der Waals surface area contributed by atoms with E-state index in [1.807, 2.05) is 13.0 Å². The Morgan fingerprint density at radius 1 is 1.35 bits per heavy atom. The van der Waals surface area contributed by atoms with Gasteiger partial charge in [0.2, 0.25) is 5.91 Å². The lowest BCUT2D eigenvalue weighted by atomic mass is 10.1. The third-order valence-corrected chi connectivity index (χ3v) is 2.70. The van der Waals surface area contributed by atoms with Crippen molar-refractivity contribution in [3.63, 3.8) is 0 Å². The normalized spacial score (nSPS) is 10.4. The average molecular weight is 235 g/mol. The number of rotatable bonds is 7. The highest BCUT2D eigenvalue weighted by Gasteiger charge is 1.97. The van der Waals surface area contributed by atoms with Crippen molar-refractivity contribution in [2.75, 3.05) is 18.8 Å². The van der Waals surface area contributed by atoms with E-state index in [1.54, 1.807) is 0 Å². The predicted octanol–water partition coefficient (Wildman–Crippen LogP) is 0.975. The zero-order valence-electron chi connectivity index (χ0n) is 10.3. The number of nitrogens with two attached hydrogens (primary N) is 2. The first kappa shape index (κ1) is 13.5. The van der Waals surface area contributed by atoms with Gasteiger partial charge in [-0.3, -0.25) is 4.79 Å². The van der Waals surface area contributed by atoms with Crippen molar-refractivity contribution >= 4 is 11.6 Å². The van der Waals surface area contributed by atoms with Gasteiger partial charge in [0.1, 0.15) is 0 Å². The minimum absolute atomic E-state index is 0.258. The largest absolute Gasteiger partial charge is 0.399 e. The number of carbonyl (C=O) groups excluding carboxylic acids is 1. The van der Waals surface area contributed by atoms with Gasteiger partial charge in [0.25, 0.3) is 0 Å². The standard InChI is InChI=1S/C13H21N3O/c1-10-9-11(4-5-12(10)14)3-2-7-16-8-6-13(15)17/h4-5,9,16H,2-3,6-8,14H2,1H3,(H2,15,17). The van der Waals surface area contributed by atoms with Crippen LogP contribution in [0.2, 0.25) is 0 Å². The van der Waals surface area contributed by atoms with Crippen LogP contribution in [-0.2, 0) is 11.2 Å². The fourth-order valence-electron chi connectivity index (χ4n) is 1.65. The molecule has 0 spiro atoms. The van der Waals surface area contributed by atoms with Gasteiger partial charge in [-0.1, -0.05) is 12.1 Å². The number of carbonyl (C=O) groups is 1. The number of anilines is 1. The van der Waals surface area contributed by atoms with Crippen LogP contribution in [0.5, 0.6) is 0 Å². The minimum atomic E-state index is -0.258. The molecule has 0 saturated carbocycles. The first-order valence-electron chi connectivity index (χ1n) is 5.93. The Kier molecular flexibility index (Phi) is 5.49. The Hall–Kier alpha value is -1.55. The topological polar surface area (TPSA) is 81.1 Å². The fourth-order valence-corrected chi connectivity index (χ4v) is 1.65. The van der Waals surface area contributed by atoms with E-state index in [-0.39, 0.29) is 5.91 Å². The van der Waals surface area contributed by atoms with Gasteiger partial charge >= 0.3 is 0 Å². The van der Waals surface area contributed by atoms with Gasteiger partial charge in [0, 0.05) is 18.7 Å². The highest BCUT2D eigenvalue weighted by Crippen LogP contribution is 2.13. The third kappa shape index (κ3) is 5.36. The van der Waals surface area contributed by atoms with Crippen molar-refractivity contribution in [2.45, 2.75) is 26.2 Å². The minimum Gasteiger partial charge on any atom is -0.399 e. The van der Waals surface area contributed by atoms with E-state index in [1.165, 1.54) is 5.56 Å². The second-order valence-electron chi connectivity index (χ2n) is 4.26. The molecule has 0 aliphatic carbocycles. The van der Waals surface area contributed by atoms with Gasteiger partial charge < -0.3 is 16.8 Å². The van der Waals surface area contributed by atoms with Crippen LogP contribution in [0.1, 0.15) is 24.0 Å². The van der Waals surface area contributed by atoms with E-state index in [0.717, 1.165) is 30.6 Å². The van der Waals surface area contributed by atoms with Crippen LogP contribution >= 0.6 is 0 Å². The molecule has 1 aromatic rings. The summed E-state index contributed by atoms with van der Waals surface area (Å²) in [6.45, 7) is 3.58. The van der Waals surface area contributed by atoms with Crippen molar-refractivity contribution in [1.82, 2.24) is 5.32 Å². The second kappa shape index (κ2) is 6.91. The van der Waals surface area contributed by atoms with Crippen LogP contribution in [0.3, 0.4) is 0 Å². The molecule has 0 unspecified atom stereocenters. The summed E-state index contributed by atoms with van der Waals surface area (Å²) in [4.78, 5) is 10.5. The third-order valence-electron chi connectivity index (χ3n) is 2.70. The van der Waals surface area contributed by atoms with E-state index in [2.05, 4.69) is 17.4 Å². The summed E-state index contributed by atoms with van der Waals surface area (Å²) >= 11 is 0. The molecule has 0 aliphatic rings. The Labute approximate surface area is 102 Å². The molecule has 5 N–H and O–H groups in total. The summed E-state index contributed by atoms with van der Waals surface area (Å²) in [5.41, 5.74) is 14.1. The van der Waals surface area contributed by atoms with Crippen molar-refractivity contribution in [1.29, 1.82) is 0 Å². The van der Waals surface area contributed by atoms with Crippen LogP contribution in [-0.4, -0.2) is 19.0 Å². The lowest BCUT2D eigenvalue weighted by Gasteiger charge is -2.06. The van der Waals surface area contributed by atoms with E-state index in [4.69, 9.17) is 11.5 Å². The predicted molar refractivity (Wildman–Crippen MR) is 70.6 cm³/mol. The molecule has 0 radical (unpaired) electrons. The zero-order chi connectivity index (χ0) is 12.7. The van der Waals surface area contributed by atoms with Gasteiger partial charge in [-0.2, -0.15) is 0 Å². The quantitative estimate of drug-likeness (QED) is 0.486. The number of hydrogen-bond donors (Lipinski definition) is 3. The molecule has 1 aromatic carbocycles. The Morgan fingerprint density at radius 3 is 2.76 bits per heavy atom. The molecule has 4 nitrogen and oxygen atoms in total. The molecular weight excluding hydrogens is 214 g/mol. The van der Waals surface area contributed by atoms with Crippen molar-refractivity contribution in [3.05, 3.63) is 29.3 Å². The number of amides is 1. The number of nitrogens with one attached hydrogen (secondary N) is 1. The van der Waals surface area contributed by atoms with Crippen molar-refractivity contribution < 1.29 is 4.79 Å². The molecule has 0 aromatic heterocycles. The molecule has 17 heavy (non-hydrogen) atoms. The van der Waals surface area contributed by atoms with Gasteiger partial charge in [0.05, 0.1) is 0 Å². The van der Waals surface area contributed by atoms with Gasteiger partial charge in [0.15, 0.2) is 0 Å². The molecule has 4 heteroatoms. The Balaban J connectivity index is 2.18. The van der Waals surface area contributed by atoms with Gasteiger partial charge in [-0.25, -0.2) is 0 Å². The second-order valence-corrected chi connectivity index (χ2v) is 4.26. The summed E-state index contributed by atoms with van der Waals surface area (Å²) in [6.07, 6.45) is 2.47. The lowest BCUT2D eigenvalue weighted by molar-refractivity contribution is -0.117. The van der Waals surface area contributed by atoms with E-state index < -0.39 is 0 Å². The summed E-state index contributed by atoms with van der Waals surface area (Å²) in [5.74, 6) is -0.258. The molecule has 1 amide bonds. The highest BCUT2D eigenvalue weighted by atomic mass is 16.1. The monoisotopic (exact) mass is 235 g/mol. The summed E-state index contributed by atoms with van der Waals surface area (Å²) in [7, 11) is 0. The van der Waals surface area contributed by atoms with Gasteiger partial charge in [-0.15, -0.1) is 0 Å². The lowest BCUT2D eigenvalue weighted by Crippen LogP contribution is -2.23. The molecular formula is C13H21N3O. The smallest absolute Gasteiger partial charge is 0.218 e. The van der Waals surface area contributed by atoms with Crippen LogP contribution in [0.25, 0.3) is 0 Å². The highest BCUT2D eigenvalue weighted by molar-refractivity contribution is 5.73. The summed E-state index contributed by atoms with van der Waals surface area (Å²) in [5, 5.41) is 3.19. The molecule has 0 fully saturated rings. The number of benzene rings is 1. The first-order chi connectivity index (χ1) is 8.09. The molecule has 0 saturated heterocycles. The fraction of sp³-hybridized carbons (Fsp3) is 0.462. The van der Waals surface area contributed by atoms with Crippen LogP contribution < -0.4 is 16.8 Å². The zero-order valence-corrected chi connectivity index (χ0v) is 10.3. The summed E-state index contributed by atoms with van der Waals surface area (Å²) < 4.78 is 0. The number of aryl methyl sites for hydroxylation is 2. The van der Waals surface area contributed by atoms with Crippen LogP contribution in [0.15, 0.2) is 18.2 Å². The maximum Gasteiger partial charge on any atom is 0.218 e. The Bertz CT molecular complexity index is 377. The molecule has 0 bridgehead atoms. The molecule has 0 atom stereocenters. The summed E-state index contributed by atoms with van der Waals surface area (Å²) in [6, 6.07) is 6.13. The number of nitrogen functional groups attached to an aromatic ring is 1.